The second-order valence-corrected chi connectivity index (χ2v) is 4.21. The quantitative estimate of drug-likeness (QED) is 0.710. The van der Waals surface area contributed by atoms with Gasteiger partial charge in [-0.3, -0.25) is 9.69 Å². The Morgan fingerprint density at radius 1 is 1.46 bits per heavy atom. The summed E-state index contributed by atoms with van der Waals surface area (Å²) >= 11 is 0. The van der Waals surface area contributed by atoms with Gasteiger partial charge in [0.25, 0.3) is 0 Å². The van der Waals surface area contributed by atoms with Gasteiger partial charge in [-0.1, -0.05) is 19.8 Å². The topological polar surface area (TPSA) is 46.3 Å². The van der Waals surface area contributed by atoms with E-state index in [0.717, 1.165) is 0 Å². The van der Waals surface area contributed by atoms with Crippen molar-refractivity contribution in [3.05, 3.63) is 0 Å². The molecule has 2 atom stereocenters. The molecule has 76 valence electrons. The maximum Gasteiger partial charge on any atom is 0.231 e. The van der Waals surface area contributed by atoms with Crippen LogP contribution < -0.4 is 5.73 Å². The van der Waals surface area contributed by atoms with Gasteiger partial charge in [0.15, 0.2) is 0 Å². The van der Waals surface area contributed by atoms with Gasteiger partial charge in [-0.2, -0.15) is 0 Å². The van der Waals surface area contributed by atoms with Crippen LogP contribution in [0.3, 0.4) is 0 Å². The van der Waals surface area contributed by atoms with Crippen molar-refractivity contribution in [3.8, 4) is 0 Å². The Morgan fingerprint density at radius 3 is 2.62 bits per heavy atom. The first kappa shape index (κ1) is 10.5. The number of primary amides is 1. The van der Waals surface area contributed by atoms with Crippen LogP contribution >= 0.6 is 0 Å². The standard InChI is InChI=1S/C10H20N2O/c1-8-5-3-4-6-9(8)12(2)7-10(11)13/h8-9H,3-7H2,1-2H3,(H2,11,13). The number of nitrogens with zero attached hydrogens (tertiary/aromatic N) is 1. The molecular formula is C10H20N2O. The van der Waals surface area contributed by atoms with Crippen molar-refractivity contribution >= 4 is 5.91 Å². The van der Waals surface area contributed by atoms with E-state index in [-0.39, 0.29) is 5.91 Å². The van der Waals surface area contributed by atoms with E-state index in [1.54, 1.807) is 0 Å². The van der Waals surface area contributed by atoms with E-state index in [1.165, 1.54) is 25.7 Å². The highest BCUT2D eigenvalue weighted by atomic mass is 16.1. The number of nitrogens with two attached hydrogens (primary N) is 1. The van der Waals surface area contributed by atoms with Crippen LogP contribution in [0.2, 0.25) is 0 Å². The highest BCUT2D eigenvalue weighted by Crippen LogP contribution is 2.26. The molecule has 0 aromatic heterocycles. The lowest BCUT2D eigenvalue weighted by Gasteiger charge is -2.35. The average Bonchev–Trinajstić information content (AvgIpc) is 2.03. The first-order valence-electron chi connectivity index (χ1n) is 5.10. The highest BCUT2D eigenvalue weighted by Gasteiger charge is 2.25. The Kier molecular flexibility index (Phi) is 3.72. The summed E-state index contributed by atoms with van der Waals surface area (Å²) in [6.07, 6.45) is 5.12. The molecule has 0 aromatic rings. The van der Waals surface area contributed by atoms with Gasteiger partial charge in [-0.25, -0.2) is 0 Å². The SMILES string of the molecule is CC1CCCCC1N(C)CC(N)=O. The Balaban J connectivity index is 2.43. The molecule has 13 heavy (non-hydrogen) atoms. The number of likely N-dealkylation sites (N-methyl/N-ethyl adjacent to an activating group) is 1. The third-order valence-corrected chi connectivity index (χ3v) is 3.04. The highest BCUT2D eigenvalue weighted by molar-refractivity contribution is 5.75. The van der Waals surface area contributed by atoms with Crippen LogP contribution in [-0.4, -0.2) is 30.4 Å². The van der Waals surface area contributed by atoms with E-state index >= 15 is 0 Å². The molecule has 3 heteroatoms. The minimum atomic E-state index is -0.222. The normalized spacial score (nSPS) is 29.2. The molecule has 1 fully saturated rings. The van der Waals surface area contributed by atoms with Gasteiger partial charge in [-0.15, -0.1) is 0 Å². The summed E-state index contributed by atoms with van der Waals surface area (Å²) in [6, 6.07) is 0.557. The minimum Gasteiger partial charge on any atom is -0.369 e. The number of carbonyl (C=O) groups excluding carboxylic acids is 1. The summed E-state index contributed by atoms with van der Waals surface area (Å²) in [4.78, 5) is 12.8. The largest absolute Gasteiger partial charge is 0.369 e. The smallest absolute Gasteiger partial charge is 0.231 e. The van der Waals surface area contributed by atoms with E-state index in [2.05, 4.69) is 11.8 Å². The molecule has 1 rings (SSSR count). The summed E-state index contributed by atoms with van der Waals surface area (Å²) in [7, 11) is 2.00. The summed E-state index contributed by atoms with van der Waals surface area (Å²) in [5.41, 5.74) is 5.16. The third-order valence-electron chi connectivity index (χ3n) is 3.04. The summed E-state index contributed by atoms with van der Waals surface area (Å²) in [6.45, 7) is 2.66. The number of rotatable bonds is 3. The fraction of sp³-hybridized carbons (Fsp3) is 0.900. The van der Waals surface area contributed by atoms with Crippen LogP contribution in [0, 0.1) is 5.92 Å². The number of carbonyl (C=O) groups is 1. The molecule has 1 saturated carbocycles. The first-order valence-corrected chi connectivity index (χ1v) is 5.10. The van der Waals surface area contributed by atoms with Gasteiger partial charge in [0, 0.05) is 6.04 Å². The van der Waals surface area contributed by atoms with Gasteiger partial charge >= 0.3 is 0 Å². The fourth-order valence-corrected chi connectivity index (χ4v) is 2.31. The molecule has 0 radical (unpaired) electrons. The van der Waals surface area contributed by atoms with Crippen molar-refractivity contribution in [2.45, 2.75) is 38.6 Å². The molecule has 2 unspecified atom stereocenters. The molecule has 0 aromatic carbocycles. The van der Waals surface area contributed by atoms with Crippen molar-refractivity contribution in [1.29, 1.82) is 0 Å². The zero-order valence-electron chi connectivity index (χ0n) is 8.62. The second kappa shape index (κ2) is 4.61. The molecule has 2 N–H and O–H groups in total. The van der Waals surface area contributed by atoms with E-state index in [4.69, 9.17) is 5.73 Å². The summed E-state index contributed by atoms with van der Waals surface area (Å²) in [5.74, 6) is 0.485. The second-order valence-electron chi connectivity index (χ2n) is 4.21. The van der Waals surface area contributed by atoms with E-state index in [0.29, 0.717) is 18.5 Å². The van der Waals surface area contributed by atoms with Gasteiger partial charge in [-0.05, 0) is 25.8 Å². The van der Waals surface area contributed by atoms with Crippen molar-refractivity contribution in [1.82, 2.24) is 4.90 Å². The predicted octanol–water partition coefficient (Wildman–Crippen LogP) is 0.982. The lowest BCUT2D eigenvalue weighted by atomic mass is 9.85. The molecule has 0 saturated heterocycles. The predicted molar refractivity (Wildman–Crippen MR) is 53.2 cm³/mol. The third kappa shape index (κ3) is 2.99. The molecule has 0 spiro atoms. The molecule has 3 nitrogen and oxygen atoms in total. The van der Waals surface area contributed by atoms with Crippen molar-refractivity contribution in [3.63, 3.8) is 0 Å². The molecule has 0 heterocycles. The first-order chi connectivity index (χ1) is 6.11. The number of amides is 1. The van der Waals surface area contributed by atoms with Crippen LogP contribution in [-0.2, 0) is 4.79 Å². The Labute approximate surface area is 80.3 Å². The molecule has 0 aliphatic heterocycles. The Bertz CT molecular complexity index is 182. The average molecular weight is 184 g/mol. The van der Waals surface area contributed by atoms with Crippen LogP contribution in [0.15, 0.2) is 0 Å². The van der Waals surface area contributed by atoms with Gasteiger partial charge in [0.1, 0.15) is 0 Å². The zero-order chi connectivity index (χ0) is 9.84. The summed E-state index contributed by atoms with van der Waals surface area (Å²) < 4.78 is 0. The molecule has 1 aliphatic carbocycles. The lowest BCUT2D eigenvalue weighted by molar-refractivity contribution is -0.119. The Morgan fingerprint density at radius 2 is 2.08 bits per heavy atom. The van der Waals surface area contributed by atoms with Crippen molar-refractivity contribution in [2.75, 3.05) is 13.6 Å². The van der Waals surface area contributed by atoms with Crippen LogP contribution in [0.25, 0.3) is 0 Å². The van der Waals surface area contributed by atoms with Gasteiger partial charge < -0.3 is 5.73 Å². The maximum atomic E-state index is 10.7. The van der Waals surface area contributed by atoms with Crippen molar-refractivity contribution in [2.24, 2.45) is 11.7 Å². The van der Waals surface area contributed by atoms with E-state index < -0.39 is 0 Å². The number of hydrogen-bond acceptors (Lipinski definition) is 2. The maximum absolute atomic E-state index is 10.7. The van der Waals surface area contributed by atoms with Gasteiger partial charge in [0.05, 0.1) is 6.54 Å². The summed E-state index contributed by atoms with van der Waals surface area (Å²) in [5, 5.41) is 0. The van der Waals surface area contributed by atoms with E-state index in [1.807, 2.05) is 7.05 Å². The van der Waals surface area contributed by atoms with Crippen molar-refractivity contribution < 1.29 is 4.79 Å². The van der Waals surface area contributed by atoms with Crippen LogP contribution in [0.4, 0.5) is 0 Å². The van der Waals surface area contributed by atoms with E-state index in [9.17, 15) is 4.79 Å². The zero-order valence-corrected chi connectivity index (χ0v) is 8.62. The van der Waals surface area contributed by atoms with Gasteiger partial charge in [0.2, 0.25) is 5.91 Å². The Hall–Kier alpha value is -0.570. The molecule has 1 aliphatic rings. The minimum absolute atomic E-state index is 0.222. The monoisotopic (exact) mass is 184 g/mol. The molecule has 0 bridgehead atoms. The fourth-order valence-electron chi connectivity index (χ4n) is 2.31. The van der Waals surface area contributed by atoms with Crippen LogP contribution in [0.1, 0.15) is 32.6 Å². The molecule has 1 amide bonds. The lowest BCUT2D eigenvalue weighted by Crippen LogP contribution is -2.43. The van der Waals surface area contributed by atoms with Crippen LogP contribution in [0.5, 0.6) is 0 Å². The molecular weight excluding hydrogens is 164 g/mol. The number of hydrogen-bond donors (Lipinski definition) is 1.